The molecule has 7 nitrogen and oxygen atoms in total. The van der Waals surface area contributed by atoms with Crippen molar-refractivity contribution in [2.75, 3.05) is 15.4 Å². The Morgan fingerprint density at radius 3 is 2.00 bits per heavy atom. The van der Waals surface area contributed by atoms with Crippen molar-refractivity contribution in [2.45, 2.75) is 18.2 Å². The molecular weight excluding hydrogens is 421 g/mol. The second-order valence-electron chi connectivity index (χ2n) is 6.54. The molecule has 31 heavy (non-hydrogen) atoms. The summed E-state index contributed by atoms with van der Waals surface area (Å²) in [5, 5.41) is 5.40. The van der Waals surface area contributed by atoms with Crippen LogP contribution in [0.2, 0.25) is 0 Å². The molecule has 3 N–H and O–H groups in total. The number of carbonyl (C=O) groups excluding carboxylic acids is 2. The molecule has 0 radical (unpaired) electrons. The summed E-state index contributed by atoms with van der Waals surface area (Å²) in [6, 6.07) is 17.3. The highest BCUT2D eigenvalue weighted by Crippen LogP contribution is 2.20. The van der Waals surface area contributed by atoms with Gasteiger partial charge in [-0.15, -0.1) is 0 Å². The van der Waals surface area contributed by atoms with Gasteiger partial charge in [0.05, 0.1) is 10.6 Å². The molecule has 160 valence electrons. The Hall–Kier alpha value is -3.72. The molecule has 9 heteroatoms. The molecule has 0 aliphatic carbocycles. The average molecular weight is 441 g/mol. The summed E-state index contributed by atoms with van der Waals surface area (Å²) in [4.78, 5) is 23.7. The number of halogens is 1. The van der Waals surface area contributed by atoms with Crippen LogP contribution in [0.3, 0.4) is 0 Å². The minimum atomic E-state index is -4.01. The van der Waals surface area contributed by atoms with Crippen LogP contribution in [0, 0.1) is 5.82 Å². The maximum absolute atomic E-state index is 13.7. The van der Waals surface area contributed by atoms with E-state index in [1.807, 2.05) is 0 Å². The second-order valence-corrected chi connectivity index (χ2v) is 8.23. The van der Waals surface area contributed by atoms with Crippen LogP contribution in [-0.4, -0.2) is 20.2 Å². The first kappa shape index (κ1) is 22.0. The van der Waals surface area contributed by atoms with Crippen LogP contribution in [0.25, 0.3) is 0 Å². The van der Waals surface area contributed by atoms with Crippen molar-refractivity contribution in [3.8, 4) is 0 Å². The van der Waals surface area contributed by atoms with Gasteiger partial charge in [-0.3, -0.25) is 14.3 Å². The average Bonchev–Trinajstić information content (AvgIpc) is 2.76. The highest BCUT2D eigenvalue weighted by molar-refractivity contribution is 7.92. The van der Waals surface area contributed by atoms with Gasteiger partial charge in [0, 0.05) is 23.4 Å². The van der Waals surface area contributed by atoms with Crippen molar-refractivity contribution in [1.82, 2.24) is 0 Å². The lowest BCUT2D eigenvalue weighted by Gasteiger charge is -2.10. The summed E-state index contributed by atoms with van der Waals surface area (Å²) in [5.74, 6) is -1.24. The molecule has 0 aromatic heterocycles. The summed E-state index contributed by atoms with van der Waals surface area (Å²) < 4.78 is 40.8. The minimum absolute atomic E-state index is 0.108. The fourth-order valence-corrected chi connectivity index (χ4v) is 3.69. The highest BCUT2D eigenvalue weighted by Gasteiger charge is 2.17. The maximum atomic E-state index is 13.7. The van der Waals surface area contributed by atoms with E-state index >= 15 is 0 Å². The fraction of sp³-hybridized carbons (Fsp3) is 0.0909. The zero-order valence-electron chi connectivity index (χ0n) is 16.6. The molecule has 0 unspecified atom stereocenters. The fourth-order valence-electron chi connectivity index (χ4n) is 2.62. The lowest BCUT2D eigenvalue weighted by Crippen LogP contribution is -2.15. The molecule has 2 amide bonds. The minimum Gasteiger partial charge on any atom is -0.326 e. The number of nitrogens with one attached hydrogen (secondary N) is 3. The van der Waals surface area contributed by atoms with E-state index in [0.717, 1.165) is 6.07 Å². The van der Waals surface area contributed by atoms with Crippen LogP contribution < -0.4 is 15.4 Å². The Bertz CT molecular complexity index is 1190. The SMILES string of the molecule is CCC(=O)Nc1ccc(NC(=O)c2ccc(S(=O)(=O)Nc3ccccc3F)cc2)cc1. The number of hydrogen-bond acceptors (Lipinski definition) is 4. The molecule has 0 spiro atoms. The Balaban J connectivity index is 1.67. The lowest BCUT2D eigenvalue weighted by molar-refractivity contribution is -0.115. The van der Waals surface area contributed by atoms with Gasteiger partial charge in [-0.1, -0.05) is 19.1 Å². The number of rotatable bonds is 7. The smallest absolute Gasteiger partial charge is 0.261 e. The quantitative estimate of drug-likeness (QED) is 0.510. The van der Waals surface area contributed by atoms with Gasteiger partial charge in [-0.2, -0.15) is 0 Å². The third-order valence-electron chi connectivity index (χ3n) is 4.29. The zero-order chi connectivity index (χ0) is 22.4. The van der Waals surface area contributed by atoms with Crippen molar-refractivity contribution < 1.29 is 22.4 Å². The van der Waals surface area contributed by atoms with Gasteiger partial charge in [0.25, 0.3) is 15.9 Å². The summed E-state index contributed by atoms with van der Waals surface area (Å²) in [5.41, 5.74) is 1.20. The van der Waals surface area contributed by atoms with Gasteiger partial charge < -0.3 is 10.6 Å². The number of hydrogen-bond donors (Lipinski definition) is 3. The molecule has 3 rings (SSSR count). The van der Waals surface area contributed by atoms with Gasteiger partial charge in [-0.25, -0.2) is 12.8 Å². The molecule has 0 fully saturated rings. The molecular formula is C22H20FN3O4S. The van der Waals surface area contributed by atoms with Crippen LogP contribution in [0.15, 0.2) is 77.7 Å². The van der Waals surface area contributed by atoms with Gasteiger partial charge in [-0.05, 0) is 60.7 Å². The molecule has 0 atom stereocenters. The number of carbonyl (C=O) groups is 2. The molecule has 3 aromatic carbocycles. The van der Waals surface area contributed by atoms with Crippen molar-refractivity contribution in [3.05, 3.63) is 84.2 Å². The van der Waals surface area contributed by atoms with E-state index in [0.29, 0.717) is 17.8 Å². The summed E-state index contributed by atoms with van der Waals surface area (Å²) in [7, 11) is -4.01. The zero-order valence-corrected chi connectivity index (χ0v) is 17.4. The van der Waals surface area contributed by atoms with Gasteiger partial charge in [0.1, 0.15) is 5.82 Å². The predicted octanol–water partition coefficient (Wildman–Crippen LogP) is 4.23. The van der Waals surface area contributed by atoms with E-state index in [4.69, 9.17) is 0 Å². The van der Waals surface area contributed by atoms with Crippen molar-refractivity contribution in [1.29, 1.82) is 0 Å². The first-order valence-corrected chi connectivity index (χ1v) is 10.9. The third kappa shape index (κ3) is 5.67. The summed E-state index contributed by atoms with van der Waals surface area (Å²) >= 11 is 0. The van der Waals surface area contributed by atoms with Crippen LogP contribution in [0.5, 0.6) is 0 Å². The van der Waals surface area contributed by atoms with E-state index in [2.05, 4.69) is 15.4 Å². The monoisotopic (exact) mass is 441 g/mol. The summed E-state index contributed by atoms with van der Waals surface area (Å²) in [6.45, 7) is 1.75. The molecule has 0 bridgehead atoms. The van der Waals surface area contributed by atoms with Gasteiger partial charge in [0.2, 0.25) is 5.91 Å². The summed E-state index contributed by atoms with van der Waals surface area (Å²) in [6.07, 6.45) is 0.361. The number of sulfonamides is 1. The Kier molecular flexibility index (Phi) is 6.66. The van der Waals surface area contributed by atoms with Crippen LogP contribution >= 0.6 is 0 Å². The van der Waals surface area contributed by atoms with E-state index in [9.17, 15) is 22.4 Å². The number of anilines is 3. The molecule has 0 saturated heterocycles. The largest absolute Gasteiger partial charge is 0.326 e. The van der Waals surface area contributed by atoms with E-state index in [-0.39, 0.29) is 22.1 Å². The second kappa shape index (κ2) is 9.40. The maximum Gasteiger partial charge on any atom is 0.261 e. The molecule has 0 aliphatic heterocycles. The number of amides is 2. The topological polar surface area (TPSA) is 104 Å². The Morgan fingerprint density at radius 1 is 0.839 bits per heavy atom. The first-order chi connectivity index (χ1) is 14.8. The standard InChI is InChI=1S/C22H20FN3O4S/c1-2-21(27)24-16-9-11-17(12-10-16)25-22(28)15-7-13-18(14-8-15)31(29,30)26-20-6-4-3-5-19(20)23/h3-14,26H,2H2,1H3,(H,24,27)(H,25,28). The molecule has 0 saturated carbocycles. The Labute approximate surface area is 179 Å². The number of benzene rings is 3. The van der Waals surface area contributed by atoms with Crippen molar-refractivity contribution in [3.63, 3.8) is 0 Å². The van der Waals surface area contributed by atoms with E-state index < -0.39 is 21.7 Å². The molecule has 0 aliphatic rings. The number of para-hydroxylation sites is 1. The van der Waals surface area contributed by atoms with Crippen molar-refractivity contribution in [2.24, 2.45) is 0 Å². The van der Waals surface area contributed by atoms with E-state index in [1.165, 1.54) is 42.5 Å². The van der Waals surface area contributed by atoms with Crippen molar-refractivity contribution >= 4 is 38.9 Å². The highest BCUT2D eigenvalue weighted by atomic mass is 32.2. The molecule has 0 heterocycles. The van der Waals surface area contributed by atoms with Gasteiger partial charge >= 0.3 is 0 Å². The van der Waals surface area contributed by atoms with Crippen LogP contribution in [0.1, 0.15) is 23.7 Å². The Morgan fingerprint density at radius 2 is 1.42 bits per heavy atom. The third-order valence-corrected chi connectivity index (χ3v) is 5.67. The van der Waals surface area contributed by atoms with Crippen LogP contribution in [0.4, 0.5) is 21.5 Å². The lowest BCUT2D eigenvalue weighted by atomic mass is 10.2. The van der Waals surface area contributed by atoms with Gasteiger partial charge in [0.15, 0.2) is 0 Å². The van der Waals surface area contributed by atoms with E-state index in [1.54, 1.807) is 31.2 Å². The normalized spacial score (nSPS) is 10.9. The first-order valence-electron chi connectivity index (χ1n) is 9.37. The van der Waals surface area contributed by atoms with Crippen LogP contribution in [-0.2, 0) is 14.8 Å². The molecule has 3 aromatic rings. The predicted molar refractivity (Wildman–Crippen MR) is 117 cm³/mol.